The second kappa shape index (κ2) is 4.85. The van der Waals surface area contributed by atoms with E-state index in [1.165, 1.54) is 0 Å². The molecule has 0 bridgehead atoms. The maximum Gasteiger partial charge on any atom is 0.227 e. The number of alkyl halides is 1. The molecule has 1 heterocycles. The van der Waals surface area contributed by atoms with Crippen LogP contribution in [-0.2, 0) is 11.3 Å². The molecule has 1 aromatic carbocycles. The van der Waals surface area contributed by atoms with Gasteiger partial charge in [0.2, 0.25) is 5.91 Å². The Hall–Kier alpha value is -1.06. The zero-order chi connectivity index (χ0) is 11.5. The summed E-state index contributed by atoms with van der Waals surface area (Å²) in [7, 11) is 0. The lowest BCUT2D eigenvalue weighted by atomic mass is 10.1. The molecule has 1 atom stereocenters. The number of halogens is 1. The maximum atomic E-state index is 11.8. The van der Waals surface area contributed by atoms with Crippen LogP contribution in [0.15, 0.2) is 24.3 Å². The molecule has 86 valence electrons. The average Bonchev–Trinajstić information content (AvgIpc) is 2.71. The minimum absolute atomic E-state index is 0.153. The average molecular weight is 239 g/mol. The van der Waals surface area contributed by atoms with Gasteiger partial charge in [0.25, 0.3) is 0 Å². The Morgan fingerprint density at radius 3 is 2.94 bits per heavy atom. The van der Waals surface area contributed by atoms with Gasteiger partial charge in [-0.15, -0.1) is 11.6 Å². The van der Waals surface area contributed by atoms with E-state index >= 15 is 0 Å². The van der Waals surface area contributed by atoms with Crippen molar-refractivity contribution < 1.29 is 4.79 Å². The molecule has 0 spiro atoms. The molecule has 0 aliphatic carbocycles. The van der Waals surface area contributed by atoms with Crippen molar-refractivity contribution >= 4 is 23.2 Å². The van der Waals surface area contributed by atoms with Crippen LogP contribution < -0.4 is 10.6 Å². The summed E-state index contributed by atoms with van der Waals surface area (Å²) in [5.41, 5.74) is 7.55. The first-order valence-corrected chi connectivity index (χ1v) is 5.93. The van der Waals surface area contributed by atoms with Gasteiger partial charge in [-0.05, 0) is 23.6 Å². The van der Waals surface area contributed by atoms with E-state index in [0.29, 0.717) is 18.8 Å². The number of benzene rings is 1. The summed E-state index contributed by atoms with van der Waals surface area (Å²) in [4.78, 5) is 13.6. The summed E-state index contributed by atoms with van der Waals surface area (Å²) >= 11 is 5.79. The standard InChI is InChI=1S/C12H15ClN2O/c13-6-10-5-12(16)15(8-10)11-3-1-2-9(4-11)7-14/h1-4,10H,5-8,14H2. The molecule has 4 heteroatoms. The molecule has 0 radical (unpaired) electrons. The summed E-state index contributed by atoms with van der Waals surface area (Å²) in [6.45, 7) is 1.21. The lowest BCUT2D eigenvalue weighted by molar-refractivity contribution is -0.117. The number of hydrogen-bond donors (Lipinski definition) is 1. The highest BCUT2D eigenvalue weighted by atomic mass is 35.5. The van der Waals surface area contributed by atoms with Gasteiger partial charge in [-0.25, -0.2) is 0 Å². The van der Waals surface area contributed by atoms with E-state index in [0.717, 1.165) is 17.8 Å². The number of hydrogen-bond acceptors (Lipinski definition) is 2. The van der Waals surface area contributed by atoms with E-state index in [2.05, 4.69) is 0 Å². The minimum Gasteiger partial charge on any atom is -0.326 e. The largest absolute Gasteiger partial charge is 0.326 e. The van der Waals surface area contributed by atoms with Gasteiger partial charge in [0.15, 0.2) is 0 Å². The van der Waals surface area contributed by atoms with Crippen molar-refractivity contribution in [2.45, 2.75) is 13.0 Å². The van der Waals surface area contributed by atoms with Gasteiger partial charge in [0.05, 0.1) is 0 Å². The number of carbonyl (C=O) groups excluding carboxylic acids is 1. The van der Waals surface area contributed by atoms with Gasteiger partial charge < -0.3 is 10.6 Å². The van der Waals surface area contributed by atoms with Gasteiger partial charge >= 0.3 is 0 Å². The summed E-state index contributed by atoms with van der Waals surface area (Å²) in [6.07, 6.45) is 0.552. The summed E-state index contributed by atoms with van der Waals surface area (Å²) < 4.78 is 0. The third-order valence-electron chi connectivity index (χ3n) is 2.88. The van der Waals surface area contributed by atoms with E-state index in [-0.39, 0.29) is 11.8 Å². The number of rotatable bonds is 3. The maximum absolute atomic E-state index is 11.8. The molecule has 1 aliphatic heterocycles. The van der Waals surface area contributed by atoms with Gasteiger partial charge in [-0.1, -0.05) is 12.1 Å². The number of nitrogens with two attached hydrogens (primary N) is 1. The van der Waals surface area contributed by atoms with Gasteiger partial charge in [-0.3, -0.25) is 4.79 Å². The second-order valence-electron chi connectivity index (χ2n) is 4.10. The quantitative estimate of drug-likeness (QED) is 0.816. The smallest absolute Gasteiger partial charge is 0.227 e. The predicted octanol–water partition coefficient (Wildman–Crippen LogP) is 1.74. The van der Waals surface area contributed by atoms with Crippen molar-refractivity contribution in [3.8, 4) is 0 Å². The normalized spacial score (nSPS) is 20.5. The lowest BCUT2D eigenvalue weighted by Gasteiger charge is -2.17. The van der Waals surface area contributed by atoms with Gasteiger partial charge in [0.1, 0.15) is 0 Å². The summed E-state index contributed by atoms with van der Waals surface area (Å²) in [6, 6.07) is 7.80. The van der Waals surface area contributed by atoms with Crippen molar-refractivity contribution in [3.63, 3.8) is 0 Å². The molecule has 2 rings (SSSR count). The first-order valence-electron chi connectivity index (χ1n) is 5.40. The third kappa shape index (κ3) is 2.20. The van der Waals surface area contributed by atoms with Crippen LogP contribution in [0.3, 0.4) is 0 Å². The molecule has 16 heavy (non-hydrogen) atoms. The minimum atomic E-state index is 0.153. The molecular formula is C12H15ClN2O. The SMILES string of the molecule is NCc1cccc(N2CC(CCl)CC2=O)c1. The fourth-order valence-electron chi connectivity index (χ4n) is 1.99. The third-order valence-corrected chi connectivity index (χ3v) is 3.32. The van der Waals surface area contributed by atoms with Crippen LogP contribution in [-0.4, -0.2) is 18.3 Å². The molecular weight excluding hydrogens is 224 g/mol. The Bertz CT molecular complexity index is 394. The van der Waals surface area contributed by atoms with Crippen LogP contribution in [0.4, 0.5) is 5.69 Å². The molecule has 0 aromatic heterocycles. The van der Waals surface area contributed by atoms with Gasteiger partial charge in [-0.2, -0.15) is 0 Å². The monoisotopic (exact) mass is 238 g/mol. The van der Waals surface area contributed by atoms with Crippen molar-refractivity contribution in [1.29, 1.82) is 0 Å². The van der Waals surface area contributed by atoms with Crippen molar-refractivity contribution in [2.75, 3.05) is 17.3 Å². The molecule has 1 saturated heterocycles. The molecule has 1 aromatic rings. The molecule has 3 nitrogen and oxygen atoms in total. The number of carbonyl (C=O) groups is 1. The van der Waals surface area contributed by atoms with E-state index in [1.54, 1.807) is 4.90 Å². The van der Waals surface area contributed by atoms with E-state index < -0.39 is 0 Å². The van der Waals surface area contributed by atoms with Crippen LogP contribution in [0.25, 0.3) is 0 Å². The fraction of sp³-hybridized carbons (Fsp3) is 0.417. The van der Waals surface area contributed by atoms with Crippen LogP contribution in [0.2, 0.25) is 0 Å². The van der Waals surface area contributed by atoms with Crippen molar-refractivity contribution in [1.82, 2.24) is 0 Å². The lowest BCUT2D eigenvalue weighted by Crippen LogP contribution is -2.24. The molecule has 2 N–H and O–H groups in total. The van der Waals surface area contributed by atoms with Crippen LogP contribution in [0.1, 0.15) is 12.0 Å². The molecule has 1 aliphatic rings. The summed E-state index contributed by atoms with van der Waals surface area (Å²) in [5, 5.41) is 0. The van der Waals surface area contributed by atoms with Gasteiger partial charge in [0, 0.05) is 31.1 Å². The highest BCUT2D eigenvalue weighted by molar-refractivity contribution is 6.18. The number of nitrogens with zero attached hydrogens (tertiary/aromatic N) is 1. The number of amides is 1. The predicted molar refractivity (Wildman–Crippen MR) is 65.5 cm³/mol. The Labute approximate surface area is 100 Å². The van der Waals surface area contributed by atoms with Crippen molar-refractivity contribution in [2.24, 2.45) is 11.7 Å². The topological polar surface area (TPSA) is 46.3 Å². The molecule has 1 amide bonds. The van der Waals surface area contributed by atoms with Crippen LogP contribution in [0.5, 0.6) is 0 Å². The Balaban J connectivity index is 2.20. The second-order valence-corrected chi connectivity index (χ2v) is 4.41. The van der Waals surface area contributed by atoms with E-state index in [1.807, 2.05) is 24.3 Å². The first-order chi connectivity index (χ1) is 7.74. The molecule has 1 fully saturated rings. The van der Waals surface area contributed by atoms with Crippen LogP contribution in [0, 0.1) is 5.92 Å². The first kappa shape index (κ1) is 11.4. The summed E-state index contributed by atoms with van der Waals surface area (Å²) in [5.74, 6) is 0.967. The van der Waals surface area contributed by atoms with E-state index in [4.69, 9.17) is 17.3 Å². The zero-order valence-corrected chi connectivity index (χ0v) is 9.78. The fourth-order valence-corrected chi connectivity index (χ4v) is 2.19. The highest BCUT2D eigenvalue weighted by Crippen LogP contribution is 2.26. The number of anilines is 1. The zero-order valence-electron chi connectivity index (χ0n) is 9.03. The Morgan fingerprint density at radius 2 is 2.31 bits per heavy atom. The van der Waals surface area contributed by atoms with Crippen LogP contribution >= 0.6 is 11.6 Å². The van der Waals surface area contributed by atoms with Crippen molar-refractivity contribution in [3.05, 3.63) is 29.8 Å². The Kier molecular flexibility index (Phi) is 3.46. The highest BCUT2D eigenvalue weighted by Gasteiger charge is 2.29. The molecule has 1 unspecified atom stereocenters. The van der Waals surface area contributed by atoms with E-state index in [9.17, 15) is 4.79 Å². The Morgan fingerprint density at radius 1 is 1.50 bits per heavy atom. The molecule has 0 saturated carbocycles.